The van der Waals surface area contributed by atoms with Crippen LogP contribution in [0.25, 0.3) is 0 Å². The Morgan fingerprint density at radius 1 is 0.737 bits per heavy atom. The van der Waals surface area contributed by atoms with Crippen LogP contribution in [0.2, 0.25) is 0 Å². The SMILES string of the molecule is Cc1c(C)c(C)c2c(c1C)OC(C)C1C(C)C(C)[C@H]21. The first-order valence-corrected chi connectivity index (χ1v) is 7.63. The van der Waals surface area contributed by atoms with E-state index in [0.29, 0.717) is 17.9 Å². The zero-order chi connectivity index (χ0) is 14.1. The first kappa shape index (κ1) is 13.0. The van der Waals surface area contributed by atoms with Crippen molar-refractivity contribution >= 4 is 0 Å². The smallest absolute Gasteiger partial charge is 0.126 e. The van der Waals surface area contributed by atoms with Gasteiger partial charge in [-0.25, -0.2) is 0 Å². The Morgan fingerprint density at radius 2 is 1.32 bits per heavy atom. The monoisotopic (exact) mass is 258 g/mol. The molecule has 2 aliphatic rings. The molecule has 0 amide bonds. The summed E-state index contributed by atoms with van der Waals surface area (Å²) in [7, 11) is 0. The van der Waals surface area contributed by atoms with E-state index in [1.54, 1.807) is 0 Å². The van der Waals surface area contributed by atoms with Crippen molar-refractivity contribution < 1.29 is 4.74 Å². The number of benzene rings is 1. The van der Waals surface area contributed by atoms with Gasteiger partial charge in [0.2, 0.25) is 0 Å². The first-order valence-electron chi connectivity index (χ1n) is 7.63. The highest BCUT2D eigenvalue weighted by Crippen LogP contribution is 2.60. The molecule has 0 spiro atoms. The number of hydrogen-bond donors (Lipinski definition) is 0. The van der Waals surface area contributed by atoms with Crippen LogP contribution >= 0.6 is 0 Å². The topological polar surface area (TPSA) is 9.23 Å². The van der Waals surface area contributed by atoms with E-state index in [4.69, 9.17) is 4.74 Å². The Kier molecular flexibility index (Phi) is 2.75. The second-order valence-corrected chi connectivity index (χ2v) is 6.89. The minimum Gasteiger partial charge on any atom is -0.490 e. The van der Waals surface area contributed by atoms with Crippen molar-refractivity contribution in [2.45, 2.75) is 60.5 Å². The van der Waals surface area contributed by atoms with E-state index in [1.807, 2.05) is 0 Å². The number of fused-ring (bicyclic) bond motifs is 3. The van der Waals surface area contributed by atoms with E-state index in [-0.39, 0.29) is 0 Å². The van der Waals surface area contributed by atoms with Gasteiger partial charge >= 0.3 is 0 Å². The minimum atomic E-state index is 0.365. The molecule has 0 radical (unpaired) electrons. The van der Waals surface area contributed by atoms with Gasteiger partial charge in [-0.15, -0.1) is 0 Å². The molecule has 0 aromatic heterocycles. The number of ether oxygens (including phenoxy) is 1. The summed E-state index contributed by atoms with van der Waals surface area (Å²) < 4.78 is 6.33. The molecule has 1 heteroatoms. The van der Waals surface area contributed by atoms with Gasteiger partial charge < -0.3 is 4.74 Å². The summed E-state index contributed by atoms with van der Waals surface area (Å²) in [6.45, 7) is 16.1. The zero-order valence-corrected chi connectivity index (χ0v) is 13.3. The maximum atomic E-state index is 6.33. The summed E-state index contributed by atoms with van der Waals surface area (Å²) in [5.74, 6) is 4.20. The summed E-state index contributed by atoms with van der Waals surface area (Å²) in [6, 6.07) is 0. The summed E-state index contributed by atoms with van der Waals surface area (Å²) in [5.41, 5.74) is 7.21. The Hall–Kier alpha value is -0.980. The molecule has 1 aliphatic carbocycles. The predicted octanol–water partition coefficient (Wildman–Crippen LogP) is 4.69. The molecule has 1 nitrogen and oxygen atoms in total. The summed E-state index contributed by atoms with van der Waals surface area (Å²) in [6.07, 6.45) is 0.365. The molecule has 1 aromatic rings. The van der Waals surface area contributed by atoms with Crippen molar-refractivity contribution in [3.63, 3.8) is 0 Å². The molecule has 1 aromatic carbocycles. The third-order valence-corrected chi connectivity index (χ3v) is 6.27. The molecule has 0 bridgehead atoms. The van der Waals surface area contributed by atoms with Gasteiger partial charge in [-0.05, 0) is 74.6 Å². The molecule has 1 heterocycles. The van der Waals surface area contributed by atoms with Crippen molar-refractivity contribution in [3.8, 4) is 5.75 Å². The van der Waals surface area contributed by atoms with Gasteiger partial charge in [-0.3, -0.25) is 0 Å². The predicted molar refractivity (Wildman–Crippen MR) is 80.0 cm³/mol. The number of hydrogen-bond acceptors (Lipinski definition) is 1. The fourth-order valence-electron chi connectivity index (χ4n) is 4.51. The fourth-order valence-corrected chi connectivity index (χ4v) is 4.51. The molecule has 0 saturated heterocycles. The van der Waals surface area contributed by atoms with Crippen LogP contribution in [0.3, 0.4) is 0 Å². The molecule has 0 N–H and O–H groups in total. The molecular formula is C18H26O. The van der Waals surface area contributed by atoms with E-state index in [1.165, 1.54) is 33.6 Å². The van der Waals surface area contributed by atoms with Crippen LogP contribution in [0.15, 0.2) is 0 Å². The Labute approximate surface area is 117 Å². The highest BCUT2D eigenvalue weighted by atomic mass is 16.5. The third-order valence-electron chi connectivity index (χ3n) is 6.27. The first-order chi connectivity index (χ1) is 8.86. The third kappa shape index (κ3) is 1.48. The van der Waals surface area contributed by atoms with Crippen molar-refractivity contribution in [3.05, 3.63) is 27.8 Å². The summed E-state index contributed by atoms with van der Waals surface area (Å²) >= 11 is 0. The summed E-state index contributed by atoms with van der Waals surface area (Å²) in [4.78, 5) is 0. The Morgan fingerprint density at radius 3 is 1.95 bits per heavy atom. The molecule has 5 atom stereocenters. The van der Waals surface area contributed by atoms with E-state index < -0.39 is 0 Å². The maximum absolute atomic E-state index is 6.33. The highest BCUT2D eigenvalue weighted by Gasteiger charge is 2.53. The molecule has 3 rings (SSSR count). The molecule has 1 fully saturated rings. The van der Waals surface area contributed by atoms with Gasteiger partial charge in [0.25, 0.3) is 0 Å². The second kappa shape index (κ2) is 4.01. The lowest BCUT2D eigenvalue weighted by atomic mass is 9.52. The molecule has 19 heavy (non-hydrogen) atoms. The van der Waals surface area contributed by atoms with Crippen molar-refractivity contribution in [1.29, 1.82) is 0 Å². The average Bonchev–Trinajstić information content (AvgIpc) is 2.40. The number of rotatable bonds is 0. The van der Waals surface area contributed by atoms with Gasteiger partial charge in [0.1, 0.15) is 5.75 Å². The molecular weight excluding hydrogens is 232 g/mol. The lowest BCUT2D eigenvalue weighted by molar-refractivity contribution is -0.0436. The van der Waals surface area contributed by atoms with Crippen LogP contribution in [-0.4, -0.2) is 6.10 Å². The van der Waals surface area contributed by atoms with Gasteiger partial charge in [0.05, 0.1) is 6.10 Å². The fraction of sp³-hybridized carbons (Fsp3) is 0.667. The molecule has 1 saturated carbocycles. The maximum Gasteiger partial charge on any atom is 0.126 e. The standard InChI is InChI=1S/C18H26O/c1-8-9(2)13(6)18-17(10(8)3)16-12(5)11(4)15(16)14(7)19-18/h11-12,14-16H,1-7H3/t11?,12?,14?,15?,16-/m0/s1. The van der Waals surface area contributed by atoms with Crippen LogP contribution in [0, 0.1) is 45.4 Å². The van der Waals surface area contributed by atoms with Crippen molar-refractivity contribution in [2.24, 2.45) is 17.8 Å². The lowest BCUT2D eigenvalue weighted by Gasteiger charge is -2.56. The largest absolute Gasteiger partial charge is 0.490 e. The van der Waals surface area contributed by atoms with Crippen molar-refractivity contribution in [1.82, 2.24) is 0 Å². The van der Waals surface area contributed by atoms with Gasteiger partial charge in [0.15, 0.2) is 0 Å². The second-order valence-electron chi connectivity index (χ2n) is 6.89. The van der Waals surface area contributed by atoms with E-state index in [0.717, 1.165) is 11.8 Å². The van der Waals surface area contributed by atoms with Crippen molar-refractivity contribution in [2.75, 3.05) is 0 Å². The van der Waals surface area contributed by atoms with Crippen LogP contribution in [0.4, 0.5) is 0 Å². The lowest BCUT2D eigenvalue weighted by Crippen LogP contribution is -2.52. The van der Waals surface area contributed by atoms with E-state index in [9.17, 15) is 0 Å². The Bertz CT molecular complexity index is 543. The van der Waals surface area contributed by atoms with Gasteiger partial charge in [0, 0.05) is 11.5 Å². The van der Waals surface area contributed by atoms with Crippen LogP contribution in [0.1, 0.15) is 54.5 Å². The average molecular weight is 258 g/mol. The normalized spacial score (nSPS) is 36.1. The van der Waals surface area contributed by atoms with Crippen LogP contribution < -0.4 is 4.74 Å². The van der Waals surface area contributed by atoms with E-state index >= 15 is 0 Å². The Balaban J connectivity index is 2.23. The molecule has 1 aliphatic heterocycles. The molecule has 4 unspecified atom stereocenters. The van der Waals surface area contributed by atoms with E-state index in [2.05, 4.69) is 48.5 Å². The molecule has 104 valence electrons. The minimum absolute atomic E-state index is 0.365. The van der Waals surface area contributed by atoms with Gasteiger partial charge in [-0.1, -0.05) is 13.8 Å². The highest BCUT2D eigenvalue weighted by molar-refractivity contribution is 5.57. The van der Waals surface area contributed by atoms with Crippen LogP contribution in [0.5, 0.6) is 5.75 Å². The zero-order valence-electron chi connectivity index (χ0n) is 13.3. The summed E-state index contributed by atoms with van der Waals surface area (Å²) in [5, 5.41) is 0. The van der Waals surface area contributed by atoms with Gasteiger partial charge in [-0.2, -0.15) is 0 Å². The van der Waals surface area contributed by atoms with Crippen LogP contribution in [-0.2, 0) is 0 Å². The quantitative estimate of drug-likeness (QED) is 0.656.